The molecule has 0 saturated heterocycles. The topological polar surface area (TPSA) is 82.5 Å². The van der Waals surface area contributed by atoms with E-state index in [4.69, 9.17) is 5.11 Å². The van der Waals surface area contributed by atoms with E-state index in [-0.39, 0.29) is 11.6 Å². The molecule has 0 radical (unpaired) electrons. The zero-order valence-corrected chi connectivity index (χ0v) is 10.3. The first-order valence-electron chi connectivity index (χ1n) is 5.55. The third-order valence-corrected chi connectivity index (χ3v) is 2.29. The molecule has 2 atom stereocenters. The molecular formula is C12H18N2O3. The Morgan fingerprint density at radius 2 is 2.12 bits per heavy atom. The molecule has 0 spiro atoms. The number of nitrogens with zero attached hydrogens (tertiary/aromatic N) is 1. The highest BCUT2D eigenvalue weighted by Gasteiger charge is 2.10. The molecule has 1 rings (SSSR count). The Morgan fingerprint density at radius 3 is 2.65 bits per heavy atom. The minimum absolute atomic E-state index is 0.0333. The van der Waals surface area contributed by atoms with Gasteiger partial charge < -0.3 is 15.5 Å². The summed E-state index contributed by atoms with van der Waals surface area (Å²) in [5.74, 6) is -0.447. The molecule has 0 bridgehead atoms. The highest BCUT2D eigenvalue weighted by molar-refractivity contribution is 5.88. The molecule has 1 heterocycles. The molecule has 1 aromatic rings. The Bertz CT molecular complexity index is 405. The van der Waals surface area contributed by atoms with E-state index in [0.717, 1.165) is 0 Å². The van der Waals surface area contributed by atoms with Crippen LogP contribution in [0.3, 0.4) is 0 Å². The van der Waals surface area contributed by atoms with Crippen LogP contribution in [-0.2, 0) is 0 Å². The second-order valence-electron chi connectivity index (χ2n) is 4.32. The quantitative estimate of drug-likeness (QED) is 0.726. The predicted octanol–water partition coefficient (Wildman–Crippen LogP) is 1.66. The molecule has 5 heteroatoms. The second kappa shape index (κ2) is 5.63. The number of aliphatic hydroxyl groups is 1. The maximum Gasteiger partial charge on any atom is 0.335 e. The number of pyridine rings is 1. The van der Waals surface area contributed by atoms with Crippen LogP contribution in [0.25, 0.3) is 0 Å². The molecule has 0 saturated carbocycles. The van der Waals surface area contributed by atoms with E-state index in [1.54, 1.807) is 13.8 Å². The first kappa shape index (κ1) is 13.4. The van der Waals surface area contributed by atoms with E-state index < -0.39 is 12.1 Å². The van der Waals surface area contributed by atoms with Crippen molar-refractivity contribution in [3.05, 3.63) is 23.4 Å². The smallest absolute Gasteiger partial charge is 0.335 e. The van der Waals surface area contributed by atoms with Gasteiger partial charge in [-0.15, -0.1) is 0 Å². The van der Waals surface area contributed by atoms with Crippen LogP contribution >= 0.6 is 0 Å². The summed E-state index contributed by atoms with van der Waals surface area (Å²) in [5, 5.41) is 21.2. The molecule has 0 aromatic carbocycles. The van der Waals surface area contributed by atoms with Gasteiger partial charge in [-0.25, -0.2) is 9.78 Å². The van der Waals surface area contributed by atoms with Crippen molar-refractivity contribution in [2.24, 2.45) is 0 Å². The van der Waals surface area contributed by atoms with E-state index in [0.29, 0.717) is 17.9 Å². The van der Waals surface area contributed by atoms with Crippen LogP contribution in [0, 0.1) is 6.92 Å². The summed E-state index contributed by atoms with van der Waals surface area (Å²) in [5.41, 5.74) is 0.862. The highest BCUT2D eigenvalue weighted by atomic mass is 16.4. The summed E-state index contributed by atoms with van der Waals surface area (Å²) >= 11 is 0. The van der Waals surface area contributed by atoms with Crippen molar-refractivity contribution >= 4 is 11.8 Å². The van der Waals surface area contributed by atoms with Crippen molar-refractivity contribution in [2.75, 3.05) is 5.32 Å². The molecule has 2 unspecified atom stereocenters. The molecule has 17 heavy (non-hydrogen) atoms. The van der Waals surface area contributed by atoms with Gasteiger partial charge in [0.15, 0.2) is 0 Å². The van der Waals surface area contributed by atoms with Gasteiger partial charge in [-0.2, -0.15) is 0 Å². The third-order valence-electron chi connectivity index (χ3n) is 2.29. The van der Waals surface area contributed by atoms with E-state index in [1.165, 1.54) is 12.1 Å². The number of aryl methyl sites for hydroxylation is 1. The van der Waals surface area contributed by atoms with Crippen LogP contribution in [0.2, 0.25) is 0 Å². The second-order valence-corrected chi connectivity index (χ2v) is 4.32. The van der Waals surface area contributed by atoms with Crippen LogP contribution in [0.5, 0.6) is 0 Å². The largest absolute Gasteiger partial charge is 0.478 e. The molecule has 0 aliphatic carbocycles. The number of aromatic nitrogens is 1. The molecule has 0 amide bonds. The van der Waals surface area contributed by atoms with Crippen molar-refractivity contribution in [2.45, 2.75) is 39.3 Å². The number of anilines is 1. The van der Waals surface area contributed by atoms with E-state index >= 15 is 0 Å². The molecule has 0 aliphatic rings. The Morgan fingerprint density at radius 1 is 1.47 bits per heavy atom. The number of carboxylic acid groups (broad SMARTS) is 1. The monoisotopic (exact) mass is 238 g/mol. The zero-order chi connectivity index (χ0) is 13.0. The first-order valence-corrected chi connectivity index (χ1v) is 5.55. The fraction of sp³-hybridized carbons (Fsp3) is 0.500. The Labute approximate surface area is 101 Å². The summed E-state index contributed by atoms with van der Waals surface area (Å²) in [6.07, 6.45) is 0.180. The predicted molar refractivity (Wildman–Crippen MR) is 65.3 cm³/mol. The number of hydrogen-bond acceptors (Lipinski definition) is 4. The summed E-state index contributed by atoms with van der Waals surface area (Å²) in [6, 6.07) is 3.05. The number of aromatic carboxylic acids is 1. The fourth-order valence-electron chi connectivity index (χ4n) is 1.69. The standard InChI is InChI=1S/C12H18N2O3/c1-7(4-9(3)15)13-11-6-10(12(16)17)5-8(2)14-11/h5-7,9,15H,4H2,1-3H3,(H,13,14)(H,16,17). The first-order chi connectivity index (χ1) is 7.88. The Hall–Kier alpha value is -1.62. The Kier molecular flexibility index (Phi) is 4.45. The number of nitrogens with one attached hydrogen (secondary N) is 1. The van der Waals surface area contributed by atoms with Gasteiger partial charge >= 0.3 is 5.97 Å². The van der Waals surface area contributed by atoms with Crippen LogP contribution in [0.15, 0.2) is 12.1 Å². The van der Waals surface area contributed by atoms with Gasteiger partial charge in [-0.1, -0.05) is 0 Å². The summed E-state index contributed by atoms with van der Waals surface area (Å²) in [6.45, 7) is 5.37. The van der Waals surface area contributed by atoms with Crippen LogP contribution < -0.4 is 5.32 Å². The van der Waals surface area contributed by atoms with Gasteiger partial charge in [0.25, 0.3) is 0 Å². The average molecular weight is 238 g/mol. The van der Waals surface area contributed by atoms with Crippen molar-refractivity contribution in [1.29, 1.82) is 0 Å². The molecule has 3 N–H and O–H groups in total. The van der Waals surface area contributed by atoms with Crippen LogP contribution in [0.4, 0.5) is 5.82 Å². The number of carbonyl (C=O) groups is 1. The highest BCUT2D eigenvalue weighted by Crippen LogP contribution is 2.12. The molecular weight excluding hydrogens is 220 g/mol. The van der Waals surface area contributed by atoms with Crippen molar-refractivity contribution in [1.82, 2.24) is 4.98 Å². The minimum atomic E-state index is -0.971. The van der Waals surface area contributed by atoms with Gasteiger partial charge in [0.05, 0.1) is 11.7 Å². The van der Waals surface area contributed by atoms with E-state index in [9.17, 15) is 9.90 Å². The Balaban J connectivity index is 2.80. The lowest BCUT2D eigenvalue weighted by molar-refractivity contribution is 0.0696. The molecule has 0 fully saturated rings. The lowest BCUT2D eigenvalue weighted by atomic mass is 10.1. The van der Waals surface area contributed by atoms with E-state index in [2.05, 4.69) is 10.3 Å². The minimum Gasteiger partial charge on any atom is -0.478 e. The van der Waals surface area contributed by atoms with Crippen LogP contribution in [-0.4, -0.2) is 33.3 Å². The van der Waals surface area contributed by atoms with Crippen LogP contribution in [0.1, 0.15) is 36.3 Å². The molecule has 94 valence electrons. The zero-order valence-electron chi connectivity index (χ0n) is 10.3. The number of hydrogen-bond donors (Lipinski definition) is 3. The van der Waals surface area contributed by atoms with Crippen molar-refractivity contribution < 1.29 is 15.0 Å². The van der Waals surface area contributed by atoms with E-state index in [1.807, 2.05) is 6.92 Å². The normalized spacial score (nSPS) is 14.1. The lowest BCUT2D eigenvalue weighted by Crippen LogP contribution is -2.21. The van der Waals surface area contributed by atoms with Gasteiger partial charge in [0, 0.05) is 11.7 Å². The number of aliphatic hydroxyl groups excluding tert-OH is 1. The molecule has 0 aliphatic heterocycles. The number of carboxylic acids is 1. The summed E-state index contributed by atoms with van der Waals surface area (Å²) in [7, 11) is 0. The average Bonchev–Trinajstić information content (AvgIpc) is 2.14. The third kappa shape index (κ3) is 4.40. The lowest BCUT2D eigenvalue weighted by Gasteiger charge is -2.16. The van der Waals surface area contributed by atoms with Gasteiger partial charge in [0.2, 0.25) is 0 Å². The maximum absolute atomic E-state index is 10.9. The van der Waals surface area contributed by atoms with Gasteiger partial charge in [0.1, 0.15) is 5.82 Å². The summed E-state index contributed by atoms with van der Waals surface area (Å²) < 4.78 is 0. The fourth-order valence-corrected chi connectivity index (χ4v) is 1.69. The molecule has 5 nitrogen and oxygen atoms in total. The maximum atomic E-state index is 10.9. The SMILES string of the molecule is Cc1cc(C(=O)O)cc(NC(C)CC(C)O)n1. The van der Waals surface area contributed by atoms with Gasteiger partial charge in [-0.05, 0) is 39.3 Å². The summed E-state index contributed by atoms with van der Waals surface area (Å²) in [4.78, 5) is 15.1. The van der Waals surface area contributed by atoms with Crippen molar-refractivity contribution in [3.8, 4) is 0 Å². The number of rotatable bonds is 5. The van der Waals surface area contributed by atoms with Crippen molar-refractivity contribution in [3.63, 3.8) is 0 Å². The molecule has 1 aromatic heterocycles. The van der Waals surface area contributed by atoms with Gasteiger partial charge in [-0.3, -0.25) is 0 Å².